The smallest absolute Gasteiger partial charge is 0.0580 e. The lowest BCUT2D eigenvalue weighted by Gasteiger charge is -2.36. The van der Waals surface area contributed by atoms with Gasteiger partial charge in [0.15, 0.2) is 0 Å². The first-order valence-electron chi connectivity index (χ1n) is 6.98. The van der Waals surface area contributed by atoms with E-state index in [1.165, 1.54) is 30.4 Å². The van der Waals surface area contributed by atoms with Crippen molar-refractivity contribution in [2.45, 2.75) is 50.5 Å². The number of alkyl halides is 1. The number of benzene rings is 1. The van der Waals surface area contributed by atoms with Crippen molar-refractivity contribution in [3.05, 3.63) is 35.4 Å². The number of hydrogen-bond acceptors (Lipinski definition) is 1. The second kappa shape index (κ2) is 6.72. The Morgan fingerprint density at radius 1 is 1.28 bits per heavy atom. The summed E-state index contributed by atoms with van der Waals surface area (Å²) >= 11 is 3.83. The van der Waals surface area contributed by atoms with E-state index >= 15 is 0 Å². The van der Waals surface area contributed by atoms with E-state index in [2.05, 4.69) is 54.0 Å². The molecule has 0 aliphatic heterocycles. The molecule has 1 fully saturated rings. The summed E-state index contributed by atoms with van der Waals surface area (Å²) in [5.41, 5.74) is 2.77. The highest BCUT2D eigenvalue weighted by Crippen LogP contribution is 2.35. The van der Waals surface area contributed by atoms with Crippen molar-refractivity contribution in [3.63, 3.8) is 0 Å². The zero-order valence-corrected chi connectivity index (χ0v) is 12.9. The molecule has 0 radical (unpaired) electrons. The van der Waals surface area contributed by atoms with Crippen LogP contribution in [0.1, 0.15) is 37.3 Å². The fraction of sp³-hybridized carbons (Fsp3) is 0.625. The fourth-order valence-electron chi connectivity index (χ4n) is 2.66. The van der Waals surface area contributed by atoms with E-state index in [9.17, 15) is 0 Å². The van der Waals surface area contributed by atoms with Crippen LogP contribution in [0.3, 0.4) is 0 Å². The lowest BCUT2D eigenvalue weighted by molar-refractivity contribution is -0.0263. The van der Waals surface area contributed by atoms with Crippen molar-refractivity contribution in [1.82, 2.24) is 0 Å². The van der Waals surface area contributed by atoms with Crippen LogP contribution in [0.4, 0.5) is 0 Å². The van der Waals surface area contributed by atoms with Crippen LogP contribution in [0, 0.1) is 12.8 Å². The number of rotatable bonds is 6. The number of halogens is 1. The molecule has 0 N–H and O–H groups in total. The molecule has 1 nitrogen and oxygen atoms in total. The van der Waals surface area contributed by atoms with Gasteiger partial charge in [-0.2, -0.15) is 0 Å². The van der Waals surface area contributed by atoms with Gasteiger partial charge in [0, 0.05) is 11.4 Å². The molecule has 2 rings (SSSR count). The molecule has 0 amide bonds. The Morgan fingerprint density at radius 3 is 2.56 bits per heavy atom. The maximum atomic E-state index is 5.61. The maximum absolute atomic E-state index is 5.61. The zero-order chi connectivity index (χ0) is 13.0. The molecule has 1 aromatic carbocycles. The second-order valence-electron chi connectivity index (χ2n) is 5.44. The summed E-state index contributed by atoms with van der Waals surface area (Å²) in [5, 5.41) is 0. The van der Waals surface area contributed by atoms with Crippen molar-refractivity contribution < 1.29 is 4.74 Å². The number of ether oxygens (including phenoxy) is 1. The Kier molecular flexibility index (Phi) is 5.25. The predicted octanol–water partition coefficient (Wildman–Crippen LogP) is 4.51. The number of aryl methyl sites for hydroxylation is 1. The highest BCUT2D eigenvalue weighted by Gasteiger charge is 2.30. The minimum absolute atomic E-state index is 0.541. The average Bonchev–Trinajstić information content (AvgIpc) is 2.29. The van der Waals surface area contributed by atoms with Gasteiger partial charge in [-0.3, -0.25) is 0 Å². The molecule has 0 spiro atoms. The molecule has 1 aromatic rings. The van der Waals surface area contributed by atoms with Gasteiger partial charge in [-0.25, -0.2) is 0 Å². The van der Waals surface area contributed by atoms with Gasteiger partial charge in [-0.1, -0.05) is 45.8 Å². The van der Waals surface area contributed by atoms with Gasteiger partial charge < -0.3 is 4.74 Å². The highest BCUT2D eigenvalue weighted by molar-refractivity contribution is 9.09. The van der Waals surface area contributed by atoms with E-state index in [1.54, 1.807) is 0 Å². The molecular formula is C16H23BrO. The molecule has 0 aromatic heterocycles. The summed E-state index contributed by atoms with van der Waals surface area (Å²) in [6.07, 6.45) is 5.46. The molecule has 0 saturated heterocycles. The third-order valence-electron chi connectivity index (χ3n) is 3.76. The van der Waals surface area contributed by atoms with Crippen molar-refractivity contribution in [1.29, 1.82) is 0 Å². The number of hydrogen-bond donors (Lipinski definition) is 0. The molecular weight excluding hydrogens is 288 g/mol. The largest absolute Gasteiger partial charge is 0.378 e. The Morgan fingerprint density at radius 2 is 1.94 bits per heavy atom. The molecule has 100 valence electrons. The van der Waals surface area contributed by atoms with Crippen LogP contribution in [0.2, 0.25) is 0 Å². The Bertz CT molecular complexity index is 354. The van der Waals surface area contributed by atoms with Gasteiger partial charge in [0.2, 0.25) is 0 Å². The Hall–Kier alpha value is -0.340. The lowest BCUT2D eigenvalue weighted by Crippen LogP contribution is -2.33. The van der Waals surface area contributed by atoms with Crippen molar-refractivity contribution in [2.24, 2.45) is 5.92 Å². The van der Waals surface area contributed by atoms with Gasteiger partial charge >= 0.3 is 0 Å². The normalized spacial score (nSPS) is 24.6. The zero-order valence-electron chi connectivity index (χ0n) is 11.4. The molecule has 1 atom stereocenters. The molecule has 1 saturated carbocycles. The molecule has 1 aliphatic rings. The van der Waals surface area contributed by atoms with Crippen LogP contribution in [-0.2, 0) is 11.2 Å². The van der Waals surface area contributed by atoms with E-state index in [0.717, 1.165) is 18.9 Å². The van der Waals surface area contributed by atoms with Crippen LogP contribution >= 0.6 is 15.9 Å². The van der Waals surface area contributed by atoms with E-state index in [-0.39, 0.29) is 0 Å². The maximum Gasteiger partial charge on any atom is 0.0580 e. The Balaban J connectivity index is 1.70. The summed E-state index contributed by atoms with van der Waals surface area (Å²) in [6, 6.07) is 8.88. The van der Waals surface area contributed by atoms with Crippen molar-refractivity contribution >= 4 is 15.9 Å². The van der Waals surface area contributed by atoms with Crippen LogP contribution in [-0.4, -0.2) is 17.5 Å². The SMILES string of the molecule is CCOC1CC(CC(Br)Cc2ccc(C)cc2)C1. The van der Waals surface area contributed by atoms with Crippen LogP contribution < -0.4 is 0 Å². The minimum atomic E-state index is 0.541. The monoisotopic (exact) mass is 310 g/mol. The quantitative estimate of drug-likeness (QED) is 0.703. The van der Waals surface area contributed by atoms with E-state index < -0.39 is 0 Å². The van der Waals surface area contributed by atoms with Crippen molar-refractivity contribution in [2.75, 3.05) is 6.61 Å². The predicted molar refractivity (Wildman–Crippen MR) is 80.4 cm³/mol. The van der Waals surface area contributed by atoms with Gasteiger partial charge in [0.05, 0.1) is 6.10 Å². The highest BCUT2D eigenvalue weighted by atomic mass is 79.9. The summed E-state index contributed by atoms with van der Waals surface area (Å²) in [5.74, 6) is 0.858. The van der Waals surface area contributed by atoms with Gasteiger partial charge in [0.1, 0.15) is 0 Å². The molecule has 0 heterocycles. The van der Waals surface area contributed by atoms with E-state index in [0.29, 0.717) is 10.9 Å². The molecule has 2 heteroatoms. The summed E-state index contributed by atoms with van der Waals surface area (Å²) < 4.78 is 5.61. The first kappa shape index (κ1) is 14.1. The molecule has 1 unspecified atom stereocenters. The topological polar surface area (TPSA) is 9.23 Å². The first-order valence-corrected chi connectivity index (χ1v) is 7.90. The first-order chi connectivity index (χ1) is 8.67. The van der Waals surface area contributed by atoms with E-state index in [4.69, 9.17) is 4.74 Å². The third-order valence-corrected chi connectivity index (χ3v) is 4.46. The average molecular weight is 311 g/mol. The van der Waals surface area contributed by atoms with E-state index in [1.807, 2.05) is 0 Å². The summed E-state index contributed by atoms with van der Waals surface area (Å²) in [7, 11) is 0. The third kappa shape index (κ3) is 4.10. The van der Waals surface area contributed by atoms with Crippen LogP contribution in [0.15, 0.2) is 24.3 Å². The van der Waals surface area contributed by atoms with Gasteiger partial charge in [-0.15, -0.1) is 0 Å². The van der Waals surface area contributed by atoms with Crippen LogP contribution in [0.5, 0.6) is 0 Å². The van der Waals surface area contributed by atoms with Gasteiger partial charge in [0.25, 0.3) is 0 Å². The second-order valence-corrected chi connectivity index (χ2v) is 6.73. The minimum Gasteiger partial charge on any atom is -0.378 e. The molecule has 1 aliphatic carbocycles. The molecule has 0 bridgehead atoms. The van der Waals surface area contributed by atoms with Gasteiger partial charge in [-0.05, 0) is 51.0 Å². The fourth-order valence-corrected chi connectivity index (χ4v) is 3.57. The summed E-state index contributed by atoms with van der Waals surface area (Å²) in [6.45, 7) is 5.08. The van der Waals surface area contributed by atoms with Crippen molar-refractivity contribution in [3.8, 4) is 0 Å². The Labute approximate surface area is 119 Å². The molecule has 18 heavy (non-hydrogen) atoms. The standard InChI is InChI=1S/C16H23BrO/c1-3-18-16-10-14(11-16)9-15(17)8-13-6-4-12(2)5-7-13/h4-7,14-16H,3,8-11H2,1-2H3. The van der Waals surface area contributed by atoms with Crippen LogP contribution in [0.25, 0.3) is 0 Å². The summed E-state index contributed by atoms with van der Waals surface area (Å²) in [4.78, 5) is 0.604. The lowest BCUT2D eigenvalue weighted by atomic mass is 9.79.